The van der Waals surface area contributed by atoms with Gasteiger partial charge in [0.15, 0.2) is 0 Å². The SMILES string of the molecule is CNC(=O)c1cnc(C2(C(N)=O)CC2)cc1Nc1cccc2c1N(C)Cc1cn(C)nc1-2. The number of rotatable bonds is 5. The molecule has 0 unspecified atom stereocenters. The fraction of sp³-hybridized carbons (Fsp3) is 0.304. The fourth-order valence-corrected chi connectivity index (χ4v) is 4.50. The van der Waals surface area contributed by atoms with Crippen LogP contribution in [0, 0.1) is 0 Å². The summed E-state index contributed by atoms with van der Waals surface area (Å²) >= 11 is 0. The molecule has 0 radical (unpaired) electrons. The number of anilines is 3. The number of aromatic nitrogens is 3. The number of para-hydroxylation sites is 1. The maximum absolute atomic E-state index is 12.5. The normalized spacial score (nSPS) is 15.5. The van der Waals surface area contributed by atoms with Gasteiger partial charge in [0.2, 0.25) is 5.91 Å². The second-order valence-corrected chi connectivity index (χ2v) is 8.50. The van der Waals surface area contributed by atoms with E-state index in [9.17, 15) is 9.59 Å². The molecule has 0 bridgehead atoms. The molecule has 3 heterocycles. The van der Waals surface area contributed by atoms with Gasteiger partial charge in [-0.05, 0) is 25.0 Å². The molecule has 2 amide bonds. The van der Waals surface area contributed by atoms with Crippen molar-refractivity contribution in [1.82, 2.24) is 20.1 Å². The van der Waals surface area contributed by atoms with Crippen LogP contribution in [0.15, 0.2) is 36.7 Å². The van der Waals surface area contributed by atoms with Crippen LogP contribution in [0.25, 0.3) is 11.3 Å². The summed E-state index contributed by atoms with van der Waals surface area (Å²) in [7, 11) is 5.52. The molecule has 3 aromatic rings. The number of primary amides is 1. The van der Waals surface area contributed by atoms with Crippen LogP contribution in [0.5, 0.6) is 0 Å². The van der Waals surface area contributed by atoms with Gasteiger partial charge in [0.05, 0.1) is 39.4 Å². The number of fused-ring (bicyclic) bond motifs is 3. The Morgan fingerprint density at radius 3 is 2.66 bits per heavy atom. The topological polar surface area (TPSA) is 118 Å². The molecular weight excluding hydrogens is 406 g/mol. The molecule has 2 aliphatic rings. The number of benzene rings is 1. The quantitative estimate of drug-likeness (QED) is 0.569. The summed E-state index contributed by atoms with van der Waals surface area (Å²) < 4.78 is 1.82. The lowest BCUT2D eigenvalue weighted by Crippen LogP contribution is -2.30. The number of aryl methyl sites for hydroxylation is 1. The number of carbonyl (C=O) groups is 2. The van der Waals surface area contributed by atoms with Crippen molar-refractivity contribution in [2.24, 2.45) is 12.8 Å². The molecule has 0 saturated heterocycles. The molecule has 0 spiro atoms. The van der Waals surface area contributed by atoms with Crippen molar-refractivity contribution in [2.45, 2.75) is 24.8 Å². The summed E-state index contributed by atoms with van der Waals surface area (Å²) in [4.78, 5) is 31.2. The lowest BCUT2D eigenvalue weighted by molar-refractivity contribution is -0.120. The summed E-state index contributed by atoms with van der Waals surface area (Å²) in [6, 6.07) is 7.76. The Morgan fingerprint density at radius 1 is 1.19 bits per heavy atom. The molecule has 2 aromatic heterocycles. The van der Waals surface area contributed by atoms with Crippen molar-refractivity contribution >= 4 is 28.9 Å². The van der Waals surface area contributed by atoms with E-state index in [-0.39, 0.29) is 11.8 Å². The Morgan fingerprint density at radius 2 is 1.97 bits per heavy atom. The van der Waals surface area contributed by atoms with Gasteiger partial charge in [0.25, 0.3) is 5.91 Å². The molecule has 1 aliphatic heterocycles. The third kappa shape index (κ3) is 3.00. The number of nitrogens with zero attached hydrogens (tertiary/aromatic N) is 4. The average Bonchev–Trinajstić information content (AvgIpc) is 3.50. The molecular formula is C23H25N7O2. The summed E-state index contributed by atoms with van der Waals surface area (Å²) in [5.41, 5.74) is 11.4. The highest BCUT2D eigenvalue weighted by molar-refractivity contribution is 6.01. The number of pyridine rings is 1. The summed E-state index contributed by atoms with van der Waals surface area (Å²) in [6.45, 7) is 0.726. The van der Waals surface area contributed by atoms with E-state index in [0.717, 1.165) is 34.7 Å². The smallest absolute Gasteiger partial charge is 0.254 e. The van der Waals surface area contributed by atoms with Crippen molar-refractivity contribution < 1.29 is 9.59 Å². The van der Waals surface area contributed by atoms with Gasteiger partial charge in [0.1, 0.15) is 0 Å². The molecule has 1 saturated carbocycles. The van der Waals surface area contributed by atoms with Crippen molar-refractivity contribution in [3.63, 3.8) is 0 Å². The largest absolute Gasteiger partial charge is 0.369 e. The Kier molecular flexibility index (Phi) is 4.44. The van der Waals surface area contributed by atoms with E-state index in [1.807, 2.05) is 43.2 Å². The van der Waals surface area contributed by atoms with Crippen LogP contribution >= 0.6 is 0 Å². The Balaban J connectivity index is 1.62. The predicted octanol–water partition coefficient (Wildman–Crippen LogP) is 2.05. The third-order valence-electron chi connectivity index (χ3n) is 6.34. The number of hydrogen-bond acceptors (Lipinski definition) is 6. The first-order valence-electron chi connectivity index (χ1n) is 10.5. The highest BCUT2D eigenvalue weighted by atomic mass is 16.2. The van der Waals surface area contributed by atoms with Crippen LogP contribution in [0.2, 0.25) is 0 Å². The van der Waals surface area contributed by atoms with Gasteiger partial charge in [-0.3, -0.25) is 19.3 Å². The first-order chi connectivity index (χ1) is 15.3. The molecule has 164 valence electrons. The van der Waals surface area contributed by atoms with Crippen LogP contribution in [-0.2, 0) is 23.8 Å². The Labute approximate surface area is 185 Å². The van der Waals surface area contributed by atoms with E-state index in [2.05, 4.69) is 25.6 Å². The third-order valence-corrected chi connectivity index (χ3v) is 6.34. The average molecular weight is 432 g/mol. The molecule has 4 N–H and O–H groups in total. The van der Waals surface area contributed by atoms with Gasteiger partial charge in [0, 0.05) is 51.2 Å². The zero-order valence-electron chi connectivity index (χ0n) is 18.3. The molecule has 32 heavy (non-hydrogen) atoms. The van der Waals surface area contributed by atoms with Crippen molar-refractivity contribution in [3.8, 4) is 11.3 Å². The van der Waals surface area contributed by atoms with E-state index in [1.54, 1.807) is 13.1 Å². The maximum Gasteiger partial charge on any atom is 0.254 e. The van der Waals surface area contributed by atoms with Crippen LogP contribution in [0.3, 0.4) is 0 Å². The van der Waals surface area contributed by atoms with Gasteiger partial charge in [-0.2, -0.15) is 5.10 Å². The first-order valence-corrected chi connectivity index (χ1v) is 10.5. The van der Waals surface area contributed by atoms with Gasteiger partial charge in [-0.15, -0.1) is 0 Å². The minimum Gasteiger partial charge on any atom is -0.369 e. The van der Waals surface area contributed by atoms with E-state index in [4.69, 9.17) is 5.73 Å². The predicted molar refractivity (Wildman–Crippen MR) is 122 cm³/mol. The minimum atomic E-state index is -0.743. The molecule has 9 heteroatoms. The van der Waals surface area contributed by atoms with E-state index >= 15 is 0 Å². The zero-order valence-corrected chi connectivity index (χ0v) is 18.3. The zero-order chi connectivity index (χ0) is 22.6. The summed E-state index contributed by atoms with van der Waals surface area (Å²) in [6.07, 6.45) is 4.88. The van der Waals surface area contributed by atoms with Gasteiger partial charge in [-0.1, -0.05) is 12.1 Å². The maximum atomic E-state index is 12.5. The number of carbonyl (C=O) groups excluding carboxylic acids is 2. The number of nitrogens with one attached hydrogen (secondary N) is 2. The van der Waals surface area contributed by atoms with Gasteiger partial charge in [-0.25, -0.2) is 0 Å². The second-order valence-electron chi connectivity index (χ2n) is 8.50. The lowest BCUT2D eigenvalue weighted by Gasteiger charge is -2.29. The number of amides is 2. The van der Waals surface area contributed by atoms with Crippen LogP contribution < -0.4 is 21.3 Å². The van der Waals surface area contributed by atoms with Crippen LogP contribution in [0.1, 0.15) is 34.5 Å². The monoisotopic (exact) mass is 431 g/mol. The van der Waals surface area contributed by atoms with Crippen molar-refractivity contribution in [2.75, 3.05) is 24.3 Å². The Bertz CT molecular complexity index is 1260. The minimum absolute atomic E-state index is 0.263. The molecule has 1 fully saturated rings. The number of hydrogen-bond donors (Lipinski definition) is 3. The highest BCUT2D eigenvalue weighted by Crippen LogP contribution is 2.48. The van der Waals surface area contributed by atoms with Crippen molar-refractivity contribution in [1.29, 1.82) is 0 Å². The molecule has 1 aliphatic carbocycles. The van der Waals surface area contributed by atoms with E-state index in [0.29, 0.717) is 29.8 Å². The van der Waals surface area contributed by atoms with Crippen LogP contribution in [-0.4, -0.2) is 40.7 Å². The van der Waals surface area contributed by atoms with E-state index in [1.165, 1.54) is 6.20 Å². The number of nitrogens with two attached hydrogens (primary N) is 1. The standard InChI is InChI=1S/C23H25N7O2/c1-25-21(31)15-10-26-18(23(7-8-23)22(24)32)9-17(15)27-16-6-4-5-14-19-13(12-30(3)28-19)11-29(2)20(14)16/h4-6,9-10,12H,7-8,11H2,1-3H3,(H2,24,32)(H,25,31)(H,26,27). The van der Waals surface area contributed by atoms with Gasteiger partial charge >= 0.3 is 0 Å². The van der Waals surface area contributed by atoms with E-state index < -0.39 is 5.41 Å². The highest BCUT2D eigenvalue weighted by Gasteiger charge is 2.51. The Hall–Kier alpha value is -3.88. The molecule has 1 aromatic carbocycles. The van der Waals surface area contributed by atoms with Crippen LogP contribution in [0.4, 0.5) is 17.1 Å². The molecule has 5 rings (SSSR count). The summed E-state index contributed by atoms with van der Waals surface area (Å²) in [5, 5.41) is 10.7. The molecule has 9 nitrogen and oxygen atoms in total. The lowest BCUT2D eigenvalue weighted by atomic mass is 9.98. The molecule has 0 atom stereocenters. The first kappa shape index (κ1) is 20.0. The van der Waals surface area contributed by atoms with Gasteiger partial charge < -0.3 is 21.3 Å². The summed E-state index contributed by atoms with van der Waals surface area (Å²) in [5.74, 6) is -0.649. The fourth-order valence-electron chi connectivity index (χ4n) is 4.50. The second kappa shape index (κ2) is 7.08. The van der Waals surface area contributed by atoms with Crippen molar-refractivity contribution in [3.05, 3.63) is 53.5 Å².